The fourth-order valence-electron chi connectivity index (χ4n) is 3.75. The number of ether oxygens (including phenoxy) is 1. The summed E-state index contributed by atoms with van der Waals surface area (Å²) >= 11 is 0. The highest BCUT2D eigenvalue weighted by Crippen LogP contribution is 2.36. The zero-order valence-electron chi connectivity index (χ0n) is 19.1. The first kappa shape index (κ1) is 23.2. The van der Waals surface area contributed by atoms with Crippen molar-refractivity contribution in [1.82, 2.24) is 0 Å². The van der Waals surface area contributed by atoms with Gasteiger partial charge in [0.1, 0.15) is 11.4 Å². The third kappa shape index (κ3) is 4.41. The van der Waals surface area contributed by atoms with Gasteiger partial charge in [0.2, 0.25) is 0 Å². The number of benzene rings is 3. The molecule has 1 aliphatic rings. The van der Waals surface area contributed by atoms with Crippen molar-refractivity contribution in [2.75, 3.05) is 16.8 Å². The molecule has 0 aromatic heterocycles. The van der Waals surface area contributed by atoms with Crippen LogP contribution in [0.25, 0.3) is 5.57 Å². The SMILES string of the molecule is CCCOc1ccc(C2=C(Nc3ccc(F)c(F)c3)C(=O)N(c3cc(C)ccc3C)C2=O)cc1. The van der Waals surface area contributed by atoms with Crippen LogP contribution in [0.15, 0.2) is 66.4 Å². The molecular formula is C27H24F2N2O3. The van der Waals surface area contributed by atoms with Crippen LogP contribution in [0.4, 0.5) is 20.2 Å². The molecule has 7 heteroatoms. The maximum absolute atomic E-state index is 13.8. The summed E-state index contributed by atoms with van der Waals surface area (Å²) in [6.45, 7) is 6.25. The van der Waals surface area contributed by atoms with Crippen molar-refractivity contribution in [3.05, 3.63) is 94.7 Å². The quantitative estimate of drug-likeness (QED) is 0.453. The van der Waals surface area contributed by atoms with Gasteiger partial charge in [0.25, 0.3) is 11.8 Å². The Bertz CT molecular complexity index is 1300. The molecule has 1 N–H and O–H groups in total. The van der Waals surface area contributed by atoms with Gasteiger partial charge in [0, 0.05) is 11.8 Å². The highest BCUT2D eigenvalue weighted by molar-refractivity contribution is 6.46. The third-order valence-electron chi connectivity index (χ3n) is 5.49. The van der Waals surface area contributed by atoms with Gasteiger partial charge in [-0.3, -0.25) is 9.59 Å². The molecule has 2 amide bonds. The first-order valence-corrected chi connectivity index (χ1v) is 11.0. The Morgan fingerprint density at radius 2 is 1.62 bits per heavy atom. The van der Waals surface area contributed by atoms with Gasteiger partial charge in [-0.2, -0.15) is 0 Å². The van der Waals surface area contributed by atoms with E-state index < -0.39 is 23.4 Å². The highest BCUT2D eigenvalue weighted by Gasteiger charge is 2.41. The zero-order chi connectivity index (χ0) is 24.4. The van der Waals surface area contributed by atoms with Crippen LogP contribution in [0, 0.1) is 25.5 Å². The van der Waals surface area contributed by atoms with E-state index in [-0.39, 0.29) is 17.0 Å². The number of carbonyl (C=O) groups excluding carboxylic acids is 2. The summed E-state index contributed by atoms with van der Waals surface area (Å²) < 4.78 is 32.9. The molecule has 0 radical (unpaired) electrons. The number of rotatable bonds is 7. The molecule has 3 aromatic carbocycles. The van der Waals surface area contributed by atoms with Gasteiger partial charge in [0.15, 0.2) is 11.6 Å². The Labute approximate surface area is 196 Å². The maximum Gasteiger partial charge on any atom is 0.282 e. The van der Waals surface area contributed by atoms with Crippen LogP contribution < -0.4 is 15.0 Å². The number of imide groups is 1. The van der Waals surface area contributed by atoms with Crippen molar-refractivity contribution >= 4 is 28.8 Å². The summed E-state index contributed by atoms with van der Waals surface area (Å²) in [5.74, 6) is -2.51. The monoisotopic (exact) mass is 462 g/mol. The normalized spacial score (nSPS) is 13.6. The second kappa shape index (κ2) is 9.47. The van der Waals surface area contributed by atoms with E-state index >= 15 is 0 Å². The minimum absolute atomic E-state index is 0.0147. The first-order chi connectivity index (χ1) is 16.3. The number of amides is 2. The summed E-state index contributed by atoms with van der Waals surface area (Å²) in [6, 6.07) is 15.6. The van der Waals surface area contributed by atoms with Gasteiger partial charge in [-0.05, 0) is 67.3 Å². The topological polar surface area (TPSA) is 58.6 Å². The predicted molar refractivity (Wildman–Crippen MR) is 128 cm³/mol. The molecule has 3 aromatic rings. The minimum atomic E-state index is -1.06. The van der Waals surface area contributed by atoms with E-state index in [1.165, 1.54) is 6.07 Å². The standard InChI is InChI=1S/C27H24F2N2O3/c1-4-13-34-20-10-7-18(8-11-20)24-25(30-19-9-12-21(28)22(29)15-19)27(33)31(26(24)32)23-14-16(2)5-6-17(23)3/h5-12,14-15,30H,4,13H2,1-3H3. The lowest BCUT2D eigenvalue weighted by Gasteiger charge is -2.18. The van der Waals surface area contributed by atoms with Crippen LogP contribution in [-0.4, -0.2) is 18.4 Å². The van der Waals surface area contributed by atoms with Gasteiger partial charge in [-0.1, -0.05) is 31.2 Å². The lowest BCUT2D eigenvalue weighted by Crippen LogP contribution is -2.33. The number of anilines is 2. The summed E-state index contributed by atoms with van der Waals surface area (Å²) in [5.41, 5.74) is 2.89. The van der Waals surface area contributed by atoms with E-state index in [1.807, 2.05) is 32.9 Å². The fraction of sp³-hybridized carbons (Fsp3) is 0.185. The molecule has 0 saturated carbocycles. The van der Waals surface area contributed by atoms with E-state index in [9.17, 15) is 18.4 Å². The molecule has 4 rings (SSSR count). The number of nitrogens with one attached hydrogen (secondary N) is 1. The molecule has 174 valence electrons. The van der Waals surface area contributed by atoms with E-state index in [2.05, 4.69) is 5.32 Å². The molecule has 1 heterocycles. The summed E-state index contributed by atoms with van der Waals surface area (Å²) in [7, 11) is 0. The van der Waals surface area contributed by atoms with E-state index in [1.54, 1.807) is 30.3 Å². The van der Waals surface area contributed by atoms with Crippen LogP contribution in [0.3, 0.4) is 0 Å². The molecule has 5 nitrogen and oxygen atoms in total. The second-order valence-electron chi connectivity index (χ2n) is 8.11. The number of nitrogens with zero attached hydrogens (tertiary/aromatic N) is 1. The van der Waals surface area contributed by atoms with Gasteiger partial charge in [-0.15, -0.1) is 0 Å². The predicted octanol–water partition coefficient (Wildman–Crippen LogP) is 5.77. The molecule has 0 spiro atoms. The molecule has 1 aliphatic heterocycles. The molecule has 0 saturated heterocycles. The Hall–Kier alpha value is -4.00. The Balaban J connectivity index is 1.80. The van der Waals surface area contributed by atoms with Crippen LogP contribution >= 0.6 is 0 Å². The molecule has 0 unspecified atom stereocenters. The lowest BCUT2D eigenvalue weighted by molar-refractivity contribution is -0.120. The molecular weight excluding hydrogens is 438 g/mol. The highest BCUT2D eigenvalue weighted by atomic mass is 19.2. The zero-order valence-corrected chi connectivity index (χ0v) is 19.1. The number of halogens is 2. The maximum atomic E-state index is 13.8. The molecule has 0 atom stereocenters. The van der Waals surface area contributed by atoms with E-state index in [4.69, 9.17) is 4.74 Å². The van der Waals surface area contributed by atoms with Gasteiger partial charge in [-0.25, -0.2) is 13.7 Å². The van der Waals surface area contributed by atoms with E-state index in [0.29, 0.717) is 23.6 Å². The van der Waals surface area contributed by atoms with Gasteiger partial charge >= 0.3 is 0 Å². The fourth-order valence-corrected chi connectivity index (χ4v) is 3.75. The smallest absolute Gasteiger partial charge is 0.282 e. The first-order valence-electron chi connectivity index (χ1n) is 11.0. The molecule has 34 heavy (non-hydrogen) atoms. The number of aryl methyl sites for hydroxylation is 2. The van der Waals surface area contributed by atoms with Crippen LogP contribution in [0.5, 0.6) is 5.75 Å². The average molecular weight is 462 g/mol. The lowest BCUT2D eigenvalue weighted by atomic mass is 10.0. The number of hydrogen-bond donors (Lipinski definition) is 1. The van der Waals surface area contributed by atoms with Crippen molar-refractivity contribution < 1.29 is 23.1 Å². The van der Waals surface area contributed by atoms with Crippen molar-refractivity contribution in [2.45, 2.75) is 27.2 Å². The second-order valence-corrected chi connectivity index (χ2v) is 8.11. The average Bonchev–Trinajstić information content (AvgIpc) is 3.06. The van der Waals surface area contributed by atoms with Crippen molar-refractivity contribution in [2.24, 2.45) is 0 Å². The van der Waals surface area contributed by atoms with Crippen LogP contribution in [0.2, 0.25) is 0 Å². The largest absolute Gasteiger partial charge is 0.494 e. The molecule has 0 bridgehead atoms. The van der Waals surface area contributed by atoms with Gasteiger partial charge in [0.05, 0.1) is 17.9 Å². The number of hydrogen-bond acceptors (Lipinski definition) is 4. The van der Waals surface area contributed by atoms with Crippen LogP contribution in [-0.2, 0) is 9.59 Å². The third-order valence-corrected chi connectivity index (χ3v) is 5.49. The van der Waals surface area contributed by atoms with Crippen molar-refractivity contribution in [3.8, 4) is 5.75 Å². The van der Waals surface area contributed by atoms with Crippen LogP contribution in [0.1, 0.15) is 30.0 Å². The van der Waals surface area contributed by atoms with Crippen molar-refractivity contribution in [3.63, 3.8) is 0 Å². The van der Waals surface area contributed by atoms with Gasteiger partial charge < -0.3 is 10.1 Å². The molecule has 0 aliphatic carbocycles. The summed E-state index contributed by atoms with van der Waals surface area (Å²) in [6.07, 6.45) is 0.854. The Morgan fingerprint density at radius 3 is 2.29 bits per heavy atom. The minimum Gasteiger partial charge on any atom is -0.494 e. The Kier molecular flexibility index (Phi) is 6.45. The summed E-state index contributed by atoms with van der Waals surface area (Å²) in [4.78, 5) is 28.2. The summed E-state index contributed by atoms with van der Waals surface area (Å²) in [5, 5.41) is 2.85. The molecule has 0 fully saturated rings. The van der Waals surface area contributed by atoms with E-state index in [0.717, 1.165) is 34.6 Å². The Morgan fingerprint density at radius 1 is 0.882 bits per heavy atom. The van der Waals surface area contributed by atoms with Crippen molar-refractivity contribution in [1.29, 1.82) is 0 Å². The number of carbonyl (C=O) groups is 2.